The fourth-order valence-electron chi connectivity index (χ4n) is 2.90. The van der Waals surface area contributed by atoms with Gasteiger partial charge in [0.1, 0.15) is 0 Å². The molecule has 0 bridgehead atoms. The molecule has 0 radical (unpaired) electrons. The fourth-order valence-corrected chi connectivity index (χ4v) is 2.90. The first-order valence-electron chi connectivity index (χ1n) is 8.59. The van der Waals surface area contributed by atoms with E-state index in [0.717, 1.165) is 43.4 Å². The predicted octanol–water partition coefficient (Wildman–Crippen LogP) is 2.04. The summed E-state index contributed by atoms with van der Waals surface area (Å²) >= 11 is 0. The zero-order valence-corrected chi connectivity index (χ0v) is 14.6. The Kier molecular flexibility index (Phi) is 4.55. The van der Waals surface area contributed by atoms with Crippen molar-refractivity contribution in [1.29, 1.82) is 0 Å². The molecule has 0 spiro atoms. The smallest absolute Gasteiger partial charge is 0.247 e. The minimum Gasteiger partial charge on any atom is -0.339 e. The number of hydrogen-bond acceptors (Lipinski definition) is 8. The first-order valence-corrected chi connectivity index (χ1v) is 8.59. The number of piperazine rings is 1. The van der Waals surface area contributed by atoms with Crippen LogP contribution in [0.2, 0.25) is 0 Å². The molecule has 8 nitrogen and oxygen atoms in total. The molecule has 26 heavy (non-hydrogen) atoms. The normalized spacial score (nSPS) is 14.3. The van der Waals surface area contributed by atoms with Crippen LogP contribution in [0, 0.1) is 6.92 Å². The van der Waals surface area contributed by atoms with Crippen molar-refractivity contribution in [2.24, 2.45) is 0 Å². The zero-order chi connectivity index (χ0) is 17.8. The Morgan fingerprint density at radius 3 is 2.31 bits per heavy atom. The van der Waals surface area contributed by atoms with Crippen molar-refractivity contribution in [2.45, 2.75) is 6.92 Å². The Morgan fingerprint density at radius 1 is 0.885 bits per heavy atom. The summed E-state index contributed by atoms with van der Waals surface area (Å²) < 4.78 is 0. The van der Waals surface area contributed by atoms with E-state index in [1.165, 1.54) is 0 Å². The van der Waals surface area contributed by atoms with Gasteiger partial charge in [-0.25, -0.2) is 9.97 Å². The fraction of sp³-hybridized carbons (Fsp3) is 0.278. The van der Waals surface area contributed by atoms with Gasteiger partial charge in [0.05, 0.1) is 6.20 Å². The van der Waals surface area contributed by atoms with Gasteiger partial charge in [0.15, 0.2) is 5.82 Å². The standard InChI is InChI=1S/C18H20N8/c1-14-5-2-3-6-15(14)22-16-13-21-24-18(23-16)26-11-9-25(10-12-26)17-19-7-4-8-20-17/h2-8,13H,9-12H2,1H3,(H,22,23,24). The molecule has 8 heteroatoms. The molecule has 0 atom stereocenters. The van der Waals surface area contributed by atoms with Crippen LogP contribution in [-0.2, 0) is 0 Å². The second-order valence-corrected chi connectivity index (χ2v) is 6.10. The number of rotatable bonds is 4. The lowest BCUT2D eigenvalue weighted by Gasteiger charge is -2.34. The molecule has 0 unspecified atom stereocenters. The SMILES string of the molecule is Cc1ccccc1Nc1cnnc(N2CCN(c3ncccn3)CC2)n1. The molecule has 2 aromatic heterocycles. The van der Waals surface area contributed by atoms with Crippen LogP contribution in [0.25, 0.3) is 0 Å². The van der Waals surface area contributed by atoms with E-state index < -0.39 is 0 Å². The molecule has 1 aliphatic rings. The molecule has 0 amide bonds. The van der Waals surface area contributed by atoms with Gasteiger partial charge in [0, 0.05) is 44.3 Å². The molecule has 3 heterocycles. The van der Waals surface area contributed by atoms with E-state index in [9.17, 15) is 0 Å². The van der Waals surface area contributed by atoms with Gasteiger partial charge in [-0.15, -0.1) is 5.10 Å². The Morgan fingerprint density at radius 2 is 1.58 bits per heavy atom. The van der Waals surface area contributed by atoms with Gasteiger partial charge >= 0.3 is 0 Å². The number of nitrogens with zero attached hydrogens (tertiary/aromatic N) is 7. The minimum atomic E-state index is 0.636. The van der Waals surface area contributed by atoms with E-state index in [0.29, 0.717) is 11.8 Å². The summed E-state index contributed by atoms with van der Waals surface area (Å²) in [5.41, 5.74) is 2.18. The first-order chi connectivity index (χ1) is 12.8. The molecule has 4 rings (SSSR count). The Balaban J connectivity index is 1.44. The summed E-state index contributed by atoms with van der Waals surface area (Å²) in [6.45, 7) is 5.30. The summed E-state index contributed by atoms with van der Waals surface area (Å²) in [6.07, 6.45) is 5.18. The Labute approximate surface area is 152 Å². The third-order valence-electron chi connectivity index (χ3n) is 4.35. The molecule has 1 fully saturated rings. The van der Waals surface area contributed by atoms with E-state index >= 15 is 0 Å². The molecule has 132 valence electrons. The van der Waals surface area contributed by atoms with Crippen LogP contribution in [0.5, 0.6) is 0 Å². The summed E-state index contributed by atoms with van der Waals surface area (Å²) in [4.78, 5) is 17.5. The number of hydrogen-bond donors (Lipinski definition) is 1. The Bertz CT molecular complexity index is 862. The van der Waals surface area contributed by atoms with Gasteiger partial charge < -0.3 is 15.1 Å². The molecule has 1 aliphatic heterocycles. The van der Waals surface area contributed by atoms with E-state index in [1.54, 1.807) is 18.6 Å². The first kappa shape index (κ1) is 16.2. The van der Waals surface area contributed by atoms with E-state index in [4.69, 9.17) is 0 Å². The molecule has 1 aromatic carbocycles. The van der Waals surface area contributed by atoms with Gasteiger partial charge in [-0.1, -0.05) is 18.2 Å². The van der Waals surface area contributed by atoms with Crippen molar-refractivity contribution in [3.05, 3.63) is 54.5 Å². The van der Waals surface area contributed by atoms with Crippen LogP contribution >= 0.6 is 0 Å². The minimum absolute atomic E-state index is 0.636. The summed E-state index contributed by atoms with van der Waals surface area (Å²) in [6, 6.07) is 9.92. The lowest BCUT2D eigenvalue weighted by molar-refractivity contribution is 0.624. The van der Waals surface area contributed by atoms with E-state index in [1.807, 2.05) is 24.3 Å². The van der Waals surface area contributed by atoms with Gasteiger partial charge in [-0.05, 0) is 24.6 Å². The lowest BCUT2D eigenvalue weighted by Crippen LogP contribution is -2.47. The largest absolute Gasteiger partial charge is 0.339 e. The van der Waals surface area contributed by atoms with Gasteiger partial charge in [-0.2, -0.15) is 10.1 Å². The van der Waals surface area contributed by atoms with Crippen LogP contribution in [-0.4, -0.2) is 51.3 Å². The second kappa shape index (κ2) is 7.30. The molecule has 1 N–H and O–H groups in total. The number of para-hydroxylation sites is 1. The molecular formula is C18H20N8. The van der Waals surface area contributed by atoms with Crippen molar-refractivity contribution >= 4 is 23.4 Å². The molecule has 3 aromatic rings. The lowest BCUT2D eigenvalue weighted by atomic mass is 10.2. The van der Waals surface area contributed by atoms with Crippen LogP contribution in [0.4, 0.5) is 23.4 Å². The highest BCUT2D eigenvalue weighted by Gasteiger charge is 2.21. The average molecular weight is 348 g/mol. The van der Waals surface area contributed by atoms with E-state index in [2.05, 4.69) is 53.3 Å². The van der Waals surface area contributed by atoms with Crippen molar-refractivity contribution in [3.63, 3.8) is 0 Å². The van der Waals surface area contributed by atoms with Gasteiger partial charge in [0.2, 0.25) is 11.9 Å². The molecular weight excluding hydrogens is 328 g/mol. The maximum Gasteiger partial charge on any atom is 0.247 e. The van der Waals surface area contributed by atoms with Gasteiger partial charge in [-0.3, -0.25) is 0 Å². The van der Waals surface area contributed by atoms with Crippen molar-refractivity contribution in [3.8, 4) is 0 Å². The predicted molar refractivity (Wildman–Crippen MR) is 101 cm³/mol. The maximum absolute atomic E-state index is 4.62. The Hall–Kier alpha value is -3.29. The highest BCUT2D eigenvalue weighted by molar-refractivity contribution is 5.60. The molecule has 0 aliphatic carbocycles. The summed E-state index contributed by atoms with van der Waals surface area (Å²) in [5, 5.41) is 11.6. The summed E-state index contributed by atoms with van der Waals surface area (Å²) in [7, 11) is 0. The van der Waals surface area contributed by atoms with Crippen molar-refractivity contribution in [1.82, 2.24) is 25.1 Å². The number of aromatic nitrogens is 5. The van der Waals surface area contributed by atoms with Crippen LogP contribution in [0.1, 0.15) is 5.56 Å². The maximum atomic E-state index is 4.62. The van der Waals surface area contributed by atoms with Crippen molar-refractivity contribution < 1.29 is 0 Å². The number of benzene rings is 1. The second-order valence-electron chi connectivity index (χ2n) is 6.10. The monoisotopic (exact) mass is 348 g/mol. The highest BCUT2D eigenvalue weighted by atomic mass is 15.4. The van der Waals surface area contributed by atoms with Crippen LogP contribution < -0.4 is 15.1 Å². The van der Waals surface area contributed by atoms with Crippen molar-refractivity contribution in [2.75, 3.05) is 41.3 Å². The van der Waals surface area contributed by atoms with E-state index in [-0.39, 0.29) is 0 Å². The number of anilines is 4. The summed E-state index contributed by atoms with van der Waals surface area (Å²) in [5.74, 6) is 2.09. The highest BCUT2D eigenvalue weighted by Crippen LogP contribution is 2.20. The van der Waals surface area contributed by atoms with Gasteiger partial charge in [0.25, 0.3) is 0 Å². The third kappa shape index (κ3) is 3.53. The molecule has 1 saturated heterocycles. The zero-order valence-electron chi connectivity index (χ0n) is 14.6. The van der Waals surface area contributed by atoms with Crippen LogP contribution in [0.3, 0.4) is 0 Å². The number of aryl methyl sites for hydroxylation is 1. The number of nitrogens with one attached hydrogen (secondary N) is 1. The molecule has 0 saturated carbocycles. The van der Waals surface area contributed by atoms with Crippen LogP contribution in [0.15, 0.2) is 48.9 Å². The quantitative estimate of drug-likeness (QED) is 0.767. The third-order valence-corrected chi connectivity index (χ3v) is 4.35. The average Bonchev–Trinajstić information content (AvgIpc) is 2.71. The topological polar surface area (TPSA) is 83.0 Å².